The maximum absolute atomic E-state index is 12.2. The minimum Gasteiger partial charge on any atom is -0.384 e. The Morgan fingerprint density at radius 1 is 1.30 bits per heavy atom. The van der Waals surface area contributed by atoms with Gasteiger partial charge in [0.05, 0.1) is 17.4 Å². The molecule has 8 heteroatoms. The first-order chi connectivity index (χ1) is 9.42. The summed E-state index contributed by atoms with van der Waals surface area (Å²) >= 11 is 5.77. The number of benzene rings is 1. The highest BCUT2D eigenvalue weighted by atomic mass is 35.5. The normalized spacial score (nSPS) is 10.8. The Balaban J connectivity index is 2.43. The molecule has 102 valence electrons. The summed E-state index contributed by atoms with van der Waals surface area (Å²) in [6.45, 7) is 0. The van der Waals surface area contributed by atoms with Gasteiger partial charge in [0.2, 0.25) is 0 Å². The summed E-state index contributed by atoms with van der Waals surface area (Å²) in [5, 5.41) is 9.18. The molecule has 1 aromatic carbocycles. The van der Waals surface area contributed by atoms with Crippen LogP contribution in [-0.2, 0) is 10.0 Å². The number of hydrogen-bond donors (Lipinski definition) is 2. The van der Waals surface area contributed by atoms with Gasteiger partial charge in [-0.1, -0.05) is 11.6 Å². The number of anilines is 2. The number of nitrogens with one attached hydrogen (secondary N) is 1. The predicted molar refractivity (Wildman–Crippen MR) is 75.6 cm³/mol. The van der Waals surface area contributed by atoms with E-state index in [1.165, 1.54) is 36.5 Å². The summed E-state index contributed by atoms with van der Waals surface area (Å²) in [6, 6.07) is 8.75. The second-order valence-electron chi connectivity index (χ2n) is 3.83. The zero-order chi connectivity index (χ0) is 14.8. The largest absolute Gasteiger partial charge is 0.384 e. The molecule has 2 rings (SSSR count). The maximum Gasteiger partial charge on any atom is 0.263 e. The van der Waals surface area contributed by atoms with Crippen LogP contribution in [0.3, 0.4) is 0 Å². The fraction of sp³-hybridized carbons (Fsp3) is 0. The van der Waals surface area contributed by atoms with Gasteiger partial charge in [-0.3, -0.25) is 4.72 Å². The second-order valence-corrected chi connectivity index (χ2v) is 5.92. The lowest BCUT2D eigenvalue weighted by atomic mass is 10.2. The Bertz CT molecular complexity index is 782. The number of pyridine rings is 1. The topological polar surface area (TPSA) is 109 Å². The molecule has 1 aromatic heterocycles. The summed E-state index contributed by atoms with van der Waals surface area (Å²) in [6.07, 6.45) is 1.28. The highest BCUT2D eigenvalue weighted by Crippen LogP contribution is 2.22. The van der Waals surface area contributed by atoms with Gasteiger partial charge in [0.15, 0.2) is 0 Å². The van der Waals surface area contributed by atoms with Gasteiger partial charge in [-0.05, 0) is 30.3 Å². The molecular formula is C12H9ClN4O2S. The van der Waals surface area contributed by atoms with Crippen molar-refractivity contribution in [2.24, 2.45) is 0 Å². The average Bonchev–Trinajstić information content (AvgIpc) is 2.41. The highest BCUT2D eigenvalue weighted by molar-refractivity contribution is 7.92. The van der Waals surface area contributed by atoms with E-state index >= 15 is 0 Å². The number of sulfonamides is 1. The summed E-state index contributed by atoms with van der Waals surface area (Å²) in [4.78, 5) is 3.59. The lowest BCUT2D eigenvalue weighted by Gasteiger charge is -2.09. The average molecular weight is 309 g/mol. The summed E-state index contributed by atoms with van der Waals surface area (Å²) in [5.74, 6) is 0.272. The summed E-state index contributed by atoms with van der Waals surface area (Å²) in [5.41, 5.74) is 5.66. The third kappa shape index (κ3) is 2.99. The van der Waals surface area contributed by atoms with Gasteiger partial charge >= 0.3 is 0 Å². The van der Waals surface area contributed by atoms with E-state index in [2.05, 4.69) is 9.71 Å². The van der Waals surface area contributed by atoms with Crippen molar-refractivity contribution in [2.75, 3.05) is 10.5 Å². The third-order valence-corrected chi connectivity index (χ3v) is 4.05. The molecule has 20 heavy (non-hydrogen) atoms. The van der Waals surface area contributed by atoms with Gasteiger partial charge in [-0.15, -0.1) is 0 Å². The second kappa shape index (κ2) is 5.36. The quantitative estimate of drug-likeness (QED) is 0.901. The Morgan fingerprint density at radius 3 is 2.65 bits per heavy atom. The van der Waals surface area contributed by atoms with Gasteiger partial charge in [-0.2, -0.15) is 5.26 Å². The predicted octanol–water partition coefficient (Wildman–Crippen LogP) is 1.99. The van der Waals surface area contributed by atoms with E-state index in [0.717, 1.165) is 0 Å². The van der Waals surface area contributed by atoms with Crippen LogP contribution < -0.4 is 10.5 Å². The lowest BCUT2D eigenvalue weighted by Crippen LogP contribution is -2.14. The zero-order valence-electron chi connectivity index (χ0n) is 10.0. The Labute approximate surface area is 120 Å². The molecule has 0 radical (unpaired) electrons. The fourth-order valence-electron chi connectivity index (χ4n) is 1.49. The molecule has 0 fully saturated rings. The number of aromatic nitrogens is 1. The molecule has 0 bridgehead atoms. The third-order valence-electron chi connectivity index (χ3n) is 2.39. The first kappa shape index (κ1) is 14.1. The maximum atomic E-state index is 12.2. The molecule has 0 aliphatic rings. The first-order valence-corrected chi connectivity index (χ1v) is 7.22. The van der Waals surface area contributed by atoms with Crippen molar-refractivity contribution in [2.45, 2.75) is 4.90 Å². The molecule has 0 aliphatic carbocycles. The number of nitrogens with two attached hydrogens (primary N) is 1. The van der Waals surface area contributed by atoms with Gasteiger partial charge < -0.3 is 5.73 Å². The molecule has 1 heterocycles. The van der Waals surface area contributed by atoms with E-state index in [-0.39, 0.29) is 27.0 Å². The molecule has 0 spiro atoms. The monoisotopic (exact) mass is 308 g/mol. The van der Waals surface area contributed by atoms with E-state index in [0.29, 0.717) is 0 Å². The van der Waals surface area contributed by atoms with E-state index in [1.54, 1.807) is 0 Å². The van der Waals surface area contributed by atoms with Gasteiger partial charge in [0.25, 0.3) is 10.0 Å². The molecule has 0 atom stereocenters. The van der Waals surface area contributed by atoms with Crippen molar-refractivity contribution in [3.63, 3.8) is 0 Å². The zero-order valence-corrected chi connectivity index (χ0v) is 11.6. The molecular weight excluding hydrogens is 300 g/mol. The van der Waals surface area contributed by atoms with E-state index in [4.69, 9.17) is 22.6 Å². The number of nitrogens with zero attached hydrogens (tertiary/aromatic N) is 2. The van der Waals surface area contributed by atoms with Crippen LogP contribution in [0.1, 0.15) is 5.56 Å². The van der Waals surface area contributed by atoms with Gasteiger partial charge in [0, 0.05) is 5.02 Å². The van der Waals surface area contributed by atoms with E-state index in [1.807, 2.05) is 6.07 Å². The smallest absolute Gasteiger partial charge is 0.263 e. The molecule has 6 nitrogen and oxygen atoms in total. The number of nitrogen functional groups attached to an aromatic ring is 1. The number of nitriles is 1. The van der Waals surface area contributed by atoms with Crippen LogP contribution in [-0.4, -0.2) is 13.4 Å². The van der Waals surface area contributed by atoms with Crippen molar-refractivity contribution >= 4 is 33.1 Å². The van der Waals surface area contributed by atoms with Crippen molar-refractivity contribution in [1.29, 1.82) is 5.26 Å². The van der Waals surface area contributed by atoms with Crippen LogP contribution in [0.25, 0.3) is 0 Å². The molecule has 0 saturated carbocycles. The summed E-state index contributed by atoms with van der Waals surface area (Å²) < 4.78 is 26.8. The molecule has 0 unspecified atom stereocenters. The standard InChI is InChI=1S/C12H9ClN4O2S/c13-9-2-1-8(6-14)11(5-9)20(18,19)17-10-3-4-12(15)16-7-10/h1-5,7,17H,(H2,15,16). The van der Waals surface area contributed by atoms with Crippen molar-refractivity contribution in [3.8, 4) is 6.07 Å². The van der Waals surface area contributed by atoms with Crippen LogP contribution in [0.2, 0.25) is 5.02 Å². The van der Waals surface area contributed by atoms with Crippen LogP contribution in [0.5, 0.6) is 0 Å². The first-order valence-electron chi connectivity index (χ1n) is 5.36. The van der Waals surface area contributed by atoms with Gasteiger partial charge in [0.1, 0.15) is 16.8 Å². The Morgan fingerprint density at radius 2 is 2.05 bits per heavy atom. The SMILES string of the molecule is N#Cc1ccc(Cl)cc1S(=O)(=O)Nc1ccc(N)nc1. The van der Waals surface area contributed by atoms with E-state index in [9.17, 15) is 8.42 Å². The van der Waals surface area contributed by atoms with Crippen LogP contribution >= 0.6 is 11.6 Å². The van der Waals surface area contributed by atoms with Crippen molar-refractivity contribution < 1.29 is 8.42 Å². The van der Waals surface area contributed by atoms with Crippen LogP contribution in [0, 0.1) is 11.3 Å². The molecule has 0 saturated heterocycles. The fourth-order valence-corrected chi connectivity index (χ4v) is 2.95. The molecule has 2 aromatic rings. The molecule has 0 amide bonds. The molecule has 0 aliphatic heterocycles. The van der Waals surface area contributed by atoms with Crippen LogP contribution in [0.15, 0.2) is 41.4 Å². The minimum absolute atomic E-state index is 0.00491. The van der Waals surface area contributed by atoms with Crippen LogP contribution in [0.4, 0.5) is 11.5 Å². The lowest BCUT2D eigenvalue weighted by molar-refractivity contribution is 0.601. The number of hydrogen-bond acceptors (Lipinski definition) is 5. The Kier molecular flexibility index (Phi) is 3.79. The van der Waals surface area contributed by atoms with Gasteiger partial charge in [-0.25, -0.2) is 13.4 Å². The van der Waals surface area contributed by atoms with Crippen molar-refractivity contribution in [1.82, 2.24) is 4.98 Å². The van der Waals surface area contributed by atoms with E-state index < -0.39 is 10.0 Å². The molecule has 3 N–H and O–H groups in total. The number of halogens is 1. The Hall–Kier alpha value is -2.30. The summed E-state index contributed by atoms with van der Waals surface area (Å²) in [7, 11) is -3.93. The minimum atomic E-state index is -3.93. The van der Waals surface area contributed by atoms with Crippen molar-refractivity contribution in [3.05, 3.63) is 47.1 Å². The highest BCUT2D eigenvalue weighted by Gasteiger charge is 2.19. The number of rotatable bonds is 3.